The van der Waals surface area contributed by atoms with Crippen LogP contribution in [0.15, 0.2) is 93.5 Å². The highest BCUT2D eigenvalue weighted by molar-refractivity contribution is 9.10. The summed E-state index contributed by atoms with van der Waals surface area (Å²) in [6.45, 7) is 3.64. The fourth-order valence-electron chi connectivity index (χ4n) is 4.33. The van der Waals surface area contributed by atoms with E-state index in [1.54, 1.807) is 6.92 Å². The summed E-state index contributed by atoms with van der Waals surface area (Å²) in [5.41, 5.74) is -0.368. The van der Waals surface area contributed by atoms with Gasteiger partial charge in [0.2, 0.25) is 0 Å². The Hall–Kier alpha value is -2.77. The standard InChI is InChI=1S/C30H32BrO5S/c1-22(31)29(33)35-24-13-17-27(18-14-24)37(25-9-5-3-6-10-25)26-15-11-23(12-16-26)34-21-28(32)36-30(2)19-7-4-8-20-30/h3,5-6,9-18,22H,4,7-8,19-21H2,1-2H3/q+1. The summed E-state index contributed by atoms with van der Waals surface area (Å²) in [7, 11) is -0.373. The summed E-state index contributed by atoms with van der Waals surface area (Å²) in [5, 5.41) is 0. The van der Waals surface area contributed by atoms with E-state index in [1.165, 1.54) is 11.3 Å². The minimum Gasteiger partial charge on any atom is -0.482 e. The normalized spacial score (nSPS) is 16.3. The van der Waals surface area contributed by atoms with Crippen LogP contribution in [0, 0.1) is 0 Å². The minimum absolute atomic E-state index is 0.105. The lowest BCUT2D eigenvalue weighted by atomic mass is 9.86. The SMILES string of the molecule is CC(Br)C(=O)Oc1ccc([S+](c2ccccc2)c2ccc(OCC(=O)OC3(C)CCCCC3)cc2)cc1. The molecule has 3 aromatic carbocycles. The molecule has 37 heavy (non-hydrogen) atoms. The zero-order valence-electron chi connectivity index (χ0n) is 21.2. The Morgan fingerprint density at radius 2 is 1.38 bits per heavy atom. The maximum Gasteiger partial charge on any atom is 0.344 e. The summed E-state index contributed by atoms with van der Waals surface area (Å²) in [4.78, 5) is 27.3. The van der Waals surface area contributed by atoms with Gasteiger partial charge in [0.15, 0.2) is 21.3 Å². The van der Waals surface area contributed by atoms with Crippen molar-refractivity contribution >= 4 is 38.8 Å². The summed E-state index contributed by atoms with van der Waals surface area (Å²) in [5.74, 6) is 0.473. The summed E-state index contributed by atoms with van der Waals surface area (Å²) >= 11 is 3.24. The van der Waals surface area contributed by atoms with Crippen LogP contribution >= 0.6 is 15.9 Å². The number of esters is 2. The lowest BCUT2D eigenvalue weighted by Gasteiger charge is -2.33. The van der Waals surface area contributed by atoms with Crippen molar-refractivity contribution in [1.82, 2.24) is 0 Å². The quantitative estimate of drug-likeness (QED) is 0.116. The molecule has 0 amide bonds. The second kappa shape index (κ2) is 12.7. The van der Waals surface area contributed by atoms with Gasteiger partial charge in [-0.15, -0.1) is 0 Å². The van der Waals surface area contributed by atoms with Crippen LogP contribution in [-0.2, 0) is 25.2 Å². The second-order valence-electron chi connectivity index (χ2n) is 9.37. The molecule has 2 unspecified atom stereocenters. The van der Waals surface area contributed by atoms with Crippen LogP contribution in [0.2, 0.25) is 0 Å². The molecule has 0 N–H and O–H groups in total. The molecule has 2 atom stereocenters. The van der Waals surface area contributed by atoms with Gasteiger partial charge < -0.3 is 14.2 Å². The maximum absolute atomic E-state index is 12.4. The van der Waals surface area contributed by atoms with Crippen LogP contribution in [-0.4, -0.2) is 29.0 Å². The monoisotopic (exact) mass is 583 g/mol. The molecule has 0 heterocycles. The van der Waals surface area contributed by atoms with Gasteiger partial charge in [-0.25, -0.2) is 4.79 Å². The predicted octanol–water partition coefficient (Wildman–Crippen LogP) is 7.12. The van der Waals surface area contributed by atoms with Crippen LogP contribution in [0.1, 0.15) is 46.0 Å². The Kier molecular flexibility index (Phi) is 9.33. The molecule has 7 heteroatoms. The fraction of sp³-hybridized carbons (Fsp3) is 0.333. The van der Waals surface area contributed by atoms with E-state index >= 15 is 0 Å². The molecule has 3 aromatic rings. The molecule has 0 aromatic heterocycles. The molecular formula is C30H32BrO5S+. The molecule has 0 spiro atoms. The number of hydrogen-bond donors (Lipinski definition) is 0. The summed E-state index contributed by atoms with van der Waals surface area (Å²) < 4.78 is 16.9. The van der Waals surface area contributed by atoms with Crippen LogP contribution < -0.4 is 9.47 Å². The molecule has 1 fully saturated rings. The first-order valence-corrected chi connectivity index (χ1v) is 14.7. The lowest BCUT2D eigenvalue weighted by molar-refractivity contribution is -0.163. The van der Waals surface area contributed by atoms with Crippen molar-refractivity contribution in [1.29, 1.82) is 0 Å². The highest BCUT2D eigenvalue weighted by Crippen LogP contribution is 2.34. The van der Waals surface area contributed by atoms with Crippen LogP contribution in [0.4, 0.5) is 0 Å². The van der Waals surface area contributed by atoms with E-state index < -0.39 is 0 Å². The largest absolute Gasteiger partial charge is 0.482 e. The van der Waals surface area contributed by atoms with Crippen LogP contribution in [0.5, 0.6) is 11.5 Å². The minimum atomic E-state index is -0.373. The van der Waals surface area contributed by atoms with E-state index in [1.807, 2.05) is 73.7 Å². The Labute approximate surface area is 230 Å². The number of halogens is 1. The van der Waals surface area contributed by atoms with Gasteiger partial charge in [-0.1, -0.05) is 40.5 Å². The first-order valence-electron chi connectivity index (χ1n) is 12.5. The first-order chi connectivity index (χ1) is 17.8. The zero-order valence-corrected chi connectivity index (χ0v) is 23.6. The van der Waals surface area contributed by atoms with Gasteiger partial charge in [-0.2, -0.15) is 0 Å². The molecule has 0 bridgehead atoms. The Morgan fingerprint density at radius 1 is 0.838 bits per heavy atom. The van der Waals surface area contributed by atoms with E-state index in [9.17, 15) is 9.59 Å². The zero-order chi connectivity index (χ0) is 26.3. The van der Waals surface area contributed by atoms with Crippen molar-refractivity contribution in [2.45, 2.75) is 71.1 Å². The highest BCUT2D eigenvalue weighted by atomic mass is 79.9. The number of alkyl halides is 1. The van der Waals surface area contributed by atoms with Gasteiger partial charge >= 0.3 is 11.9 Å². The number of benzene rings is 3. The molecule has 1 aliphatic carbocycles. The molecule has 5 nitrogen and oxygen atoms in total. The molecule has 0 saturated heterocycles. The third kappa shape index (κ3) is 7.62. The van der Waals surface area contributed by atoms with E-state index in [0.717, 1.165) is 35.5 Å². The first kappa shape index (κ1) is 27.3. The topological polar surface area (TPSA) is 61.8 Å². The summed E-state index contributed by atoms with van der Waals surface area (Å²) in [6, 6.07) is 25.7. The molecule has 4 rings (SSSR count). The lowest BCUT2D eigenvalue weighted by Crippen LogP contribution is -2.35. The maximum atomic E-state index is 12.4. The molecule has 1 saturated carbocycles. The summed E-state index contributed by atoms with van der Waals surface area (Å²) in [6.07, 6.45) is 5.22. The van der Waals surface area contributed by atoms with Crippen molar-refractivity contribution in [2.24, 2.45) is 0 Å². The average Bonchev–Trinajstić information content (AvgIpc) is 2.90. The van der Waals surface area contributed by atoms with Crippen LogP contribution in [0.3, 0.4) is 0 Å². The van der Waals surface area contributed by atoms with E-state index in [2.05, 4.69) is 28.1 Å². The van der Waals surface area contributed by atoms with Crippen molar-refractivity contribution < 1.29 is 23.8 Å². The van der Waals surface area contributed by atoms with Crippen LogP contribution in [0.25, 0.3) is 0 Å². The Morgan fingerprint density at radius 3 is 1.95 bits per heavy atom. The highest BCUT2D eigenvalue weighted by Gasteiger charge is 2.31. The number of hydrogen-bond acceptors (Lipinski definition) is 5. The number of carbonyl (C=O) groups is 2. The Bertz CT molecular complexity index is 1170. The van der Waals surface area contributed by atoms with Crippen molar-refractivity contribution in [3.8, 4) is 11.5 Å². The smallest absolute Gasteiger partial charge is 0.344 e. The van der Waals surface area contributed by atoms with Gasteiger partial charge in [-0.3, -0.25) is 4.79 Å². The van der Waals surface area contributed by atoms with Gasteiger partial charge in [0, 0.05) is 0 Å². The average molecular weight is 585 g/mol. The predicted molar refractivity (Wildman–Crippen MR) is 149 cm³/mol. The van der Waals surface area contributed by atoms with Crippen molar-refractivity contribution in [3.05, 3.63) is 78.9 Å². The molecule has 0 aliphatic heterocycles. The second-order valence-corrected chi connectivity index (χ2v) is 12.8. The number of ether oxygens (including phenoxy) is 3. The molecule has 194 valence electrons. The van der Waals surface area contributed by atoms with Gasteiger partial charge in [0.25, 0.3) is 0 Å². The fourth-order valence-corrected chi connectivity index (χ4v) is 6.48. The van der Waals surface area contributed by atoms with E-state index in [-0.39, 0.29) is 39.9 Å². The van der Waals surface area contributed by atoms with Gasteiger partial charge in [0.05, 0.1) is 10.9 Å². The van der Waals surface area contributed by atoms with Crippen molar-refractivity contribution in [3.63, 3.8) is 0 Å². The van der Waals surface area contributed by atoms with Gasteiger partial charge in [0.1, 0.15) is 21.9 Å². The van der Waals surface area contributed by atoms with E-state index in [4.69, 9.17) is 14.2 Å². The van der Waals surface area contributed by atoms with Crippen molar-refractivity contribution in [2.75, 3.05) is 6.61 Å². The molecular weight excluding hydrogens is 552 g/mol. The number of rotatable bonds is 9. The third-order valence-corrected chi connectivity index (χ3v) is 8.87. The number of carbonyl (C=O) groups excluding carboxylic acids is 2. The molecule has 0 radical (unpaired) electrons. The third-order valence-electron chi connectivity index (χ3n) is 6.27. The van der Waals surface area contributed by atoms with E-state index in [0.29, 0.717) is 11.5 Å². The van der Waals surface area contributed by atoms with Gasteiger partial charge in [-0.05, 0) is 100 Å². The molecule has 1 aliphatic rings. The Balaban J connectivity index is 1.46.